The fourth-order valence-electron chi connectivity index (χ4n) is 3.84. The average Bonchev–Trinajstić information content (AvgIpc) is 2.84. The van der Waals surface area contributed by atoms with E-state index >= 15 is 0 Å². The molecule has 0 aliphatic heterocycles. The zero-order valence-corrected chi connectivity index (χ0v) is 19.8. The number of ketones is 2. The lowest BCUT2D eigenvalue weighted by Crippen LogP contribution is -2.24. The number of hydrogen-bond acceptors (Lipinski definition) is 7. The Balaban J connectivity index is 1.79. The van der Waals surface area contributed by atoms with Crippen LogP contribution in [-0.2, 0) is 0 Å². The minimum atomic E-state index is -0.666. The van der Waals surface area contributed by atoms with Crippen LogP contribution in [-0.4, -0.2) is 21.8 Å². The molecule has 0 radical (unpaired) electrons. The molecule has 0 saturated heterocycles. The second-order valence-corrected chi connectivity index (χ2v) is 10.0. The van der Waals surface area contributed by atoms with Crippen LogP contribution in [0.15, 0.2) is 92.4 Å². The van der Waals surface area contributed by atoms with Crippen LogP contribution in [0.3, 0.4) is 0 Å². The fraction of sp³-hybridized carbons (Fsp3) is 0. The lowest BCUT2D eigenvalue weighted by molar-refractivity contribution is 0.0974. The number of hydrogen-bond donors (Lipinski definition) is 3. The van der Waals surface area contributed by atoms with E-state index in [0.29, 0.717) is 9.79 Å². The SMILES string of the molecule is Nc1c(Sc2ccccc2)c(Sc2ccccc2)c(Cl)c2c1C(=O)c1c(O)ccc(O)c1C2=O. The molecular formula is C26H16ClNO4S2. The summed E-state index contributed by atoms with van der Waals surface area (Å²) < 4.78 is 0. The number of rotatable bonds is 4. The summed E-state index contributed by atoms with van der Waals surface area (Å²) in [4.78, 5) is 29.8. The second kappa shape index (κ2) is 8.76. The van der Waals surface area contributed by atoms with E-state index in [-0.39, 0.29) is 33.0 Å². The number of phenols is 2. The molecule has 0 saturated carbocycles. The van der Waals surface area contributed by atoms with Crippen molar-refractivity contribution in [3.05, 3.63) is 100 Å². The van der Waals surface area contributed by atoms with Gasteiger partial charge in [0, 0.05) is 14.7 Å². The molecule has 4 N–H and O–H groups in total. The molecule has 0 bridgehead atoms. The molecule has 5 rings (SSSR count). The predicted octanol–water partition coefficient (Wildman–Crippen LogP) is 6.41. The second-order valence-electron chi connectivity index (χ2n) is 7.48. The van der Waals surface area contributed by atoms with E-state index in [0.717, 1.165) is 9.79 Å². The molecular weight excluding hydrogens is 490 g/mol. The maximum absolute atomic E-state index is 13.5. The molecule has 34 heavy (non-hydrogen) atoms. The van der Waals surface area contributed by atoms with Gasteiger partial charge in [-0.1, -0.05) is 71.5 Å². The van der Waals surface area contributed by atoms with Crippen LogP contribution in [0.1, 0.15) is 31.8 Å². The first-order valence-corrected chi connectivity index (χ1v) is 12.1. The van der Waals surface area contributed by atoms with Crippen LogP contribution in [0.25, 0.3) is 0 Å². The highest BCUT2D eigenvalue weighted by Crippen LogP contribution is 2.52. The van der Waals surface area contributed by atoms with Gasteiger partial charge in [-0.3, -0.25) is 9.59 Å². The van der Waals surface area contributed by atoms with Gasteiger partial charge in [-0.2, -0.15) is 0 Å². The Kier molecular flexibility index (Phi) is 5.77. The molecule has 8 heteroatoms. The first-order chi connectivity index (χ1) is 16.4. The summed E-state index contributed by atoms with van der Waals surface area (Å²) in [7, 11) is 0. The Morgan fingerprint density at radius 1 is 0.618 bits per heavy atom. The number of nitrogen functional groups attached to an aromatic ring is 1. The number of aromatic hydroxyl groups is 2. The zero-order chi connectivity index (χ0) is 24.0. The van der Waals surface area contributed by atoms with Gasteiger partial charge in [0.1, 0.15) is 11.5 Å². The summed E-state index contributed by atoms with van der Waals surface area (Å²) in [6.07, 6.45) is 0. The average molecular weight is 506 g/mol. The summed E-state index contributed by atoms with van der Waals surface area (Å²) in [5, 5.41) is 20.8. The van der Waals surface area contributed by atoms with E-state index in [1.54, 1.807) is 0 Å². The quantitative estimate of drug-likeness (QED) is 0.191. The Morgan fingerprint density at radius 3 is 1.56 bits per heavy atom. The molecule has 5 nitrogen and oxygen atoms in total. The molecule has 0 amide bonds. The third-order valence-electron chi connectivity index (χ3n) is 5.38. The van der Waals surface area contributed by atoms with Crippen LogP contribution >= 0.6 is 35.1 Å². The van der Waals surface area contributed by atoms with Crippen molar-refractivity contribution in [1.82, 2.24) is 0 Å². The number of anilines is 1. The minimum absolute atomic E-state index is 0.0701. The van der Waals surface area contributed by atoms with Gasteiger partial charge in [-0.15, -0.1) is 0 Å². The summed E-state index contributed by atoms with van der Waals surface area (Å²) in [6.45, 7) is 0. The van der Waals surface area contributed by atoms with Gasteiger partial charge in [0.05, 0.1) is 37.9 Å². The number of carbonyl (C=O) groups excluding carboxylic acids is 2. The third kappa shape index (κ3) is 3.62. The Morgan fingerprint density at radius 2 is 1.06 bits per heavy atom. The number of benzene rings is 4. The van der Waals surface area contributed by atoms with Crippen molar-refractivity contribution in [3.63, 3.8) is 0 Å². The molecule has 4 aromatic rings. The van der Waals surface area contributed by atoms with E-state index in [4.69, 9.17) is 17.3 Å². The van der Waals surface area contributed by atoms with Crippen molar-refractivity contribution >= 4 is 52.4 Å². The van der Waals surface area contributed by atoms with Crippen LogP contribution in [0.2, 0.25) is 5.02 Å². The van der Waals surface area contributed by atoms with Crippen LogP contribution in [0.4, 0.5) is 5.69 Å². The smallest absolute Gasteiger partial charge is 0.200 e. The predicted molar refractivity (Wildman–Crippen MR) is 134 cm³/mol. The van der Waals surface area contributed by atoms with Crippen LogP contribution in [0, 0.1) is 0 Å². The molecule has 0 aromatic heterocycles. The normalized spacial score (nSPS) is 12.4. The van der Waals surface area contributed by atoms with Gasteiger partial charge in [-0.05, 0) is 36.4 Å². The third-order valence-corrected chi connectivity index (χ3v) is 8.26. The van der Waals surface area contributed by atoms with E-state index in [2.05, 4.69) is 0 Å². The lowest BCUT2D eigenvalue weighted by atomic mass is 9.82. The summed E-state index contributed by atoms with van der Waals surface area (Å²) in [5.74, 6) is -2.15. The van der Waals surface area contributed by atoms with Crippen molar-refractivity contribution in [2.24, 2.45) is 0 Å². The lowest BCUT2D eigenvalue weighted by Gasteiger charge is -2.25. The van der Waals surface area contributed by atoms with E-state index in [1.165, 1.54) is 35.7 Å². The van der Waals surface area contributed by atoms with Gasteiger partial charge in [0.15, 0.2) is 5.78 Å². The van der Waals surface area contributed by atoms with Crippen LogP contribution in [0.5, 0.6) is 11.5 Å². The van der Waals surface area contributed by atoms with Gasteiger partial charge in [0.2, 0.25) is 5.78 Å². The molecule has 0 fully saturated rings. The molecule has 1 aliphatic rings. The largest absolute Gasteiger partial charge is 0.507 e. The maximum Gasteiger partial charge on any atom is 0.200 e. The first-order valence-electron chi connectivity index (χ1n) is 10.1. The van der Waals surface area contributed by atoms with Crippen molar-refractivity contribution in [2.45, 2.75) is 19.6 Å². The van der Waals surface area contributed by atoms with E-state index in [9.17, 15) is 19.8 Å². The van der Waals surface area contributed by atoms with Gasteiger partial charge >= 0.3 is 0 Å². The Hall–Kier alpha value is -3.39. The minimum Gasteiger partial charge on any atom is -0.507 e. The molecule has 4 aromatic carbocycles. The van der Waals surface area contributed by atoms with Crippen molar-refractivity contribution in [1.29, 1.82) is 0 Å². The Labute approximate surface area is 208 Å². The number of halogens is 1. The van der Waals surface area contributed by atoms with Crippen molar-refractivity contribution < 1.29 is 19.8 Å². The molecule has 0 atom stereocenters. The molecule has 1 aliphatic carbocycles. The first kappa shape index (κ1) is 22.4. The highest BCUT2D eigenvalue weighted by molar-refractivity contribution is 8.02. The van der Waals surface area contributed by atoms with Crippen molar-refractivity contribution in [3.8, 4) is 11.5 Å². The zero-order valence-electron chi connectivity index (χ0n) is 17.4. The van der Waals surface area contributed by atoms with Crippen LogP contribution < -0.4 is 5.73 Å². The molecule has 168 valence electrons. The summed E-state index contributed by atoms with van der Waals surface area (Å²) in [5.41, 5.74) is 5.96. The van der Waals surface area contributed by atoms with E-state index < -0.39 is 23.1 Å². The molecule has 0 spiro atoms. The highest BCUT2D eigenvalue weighted by Gasteiger charge is 2.40. The van der Waals surface area contributed by atoms with E-state index in [1.807, 2.05) is 60.7 Å². The number of carbonyl (C=O) groups is 2. The standard InChI is InChI=1S/C26H16ClNO4S2/c27-21-19-20(24(32)18-16(30)12-11-15(29)17(18)23(19)31)22(28)26(34-14-9-5-2-6-10-14)25(21)33-13-7-3-1-4-8-13/h1-12,29-30H,28H2. The van der Waals surface area contributed by atoms with Gasteiger partial charge in [0.25, 0.3) is 0 Å². The summed E-state index contributed by atoms with van der Waals surface area (Å²) in [6, 6.07) is 21.3. The van der Waals surface area contributed by atoms with Crippen molar-refractivity contribution in [2.75, 3.05) is 5.73 Å². The molecule has 0 unspecified atom stereocenters. The van der Waals surface area contributed by atoms with Gasteiger partial charge in [-0.25, -0.2) is 0 Å². The Bertz CT molecular complexity index is 1360. The van der Waals surface area contributed by atoms with Gasteiger partial charge < -0.3 is 15.9 Å². The summed E-state index contributed by atoms with van der Waals surface area (Å²) >= 11 is 9.50. The maximum atomic E-state index is 13.5. The number of nitrogens with two attached hydrogens (primary N) is 1. The fourth-order valence-corrected chi connectivity index (χ4v) is 6.39. The number of phenolic OH excluding ortho intramolecular Hbond substituents is 2. The number of fused-ring (bicyclic) bond motifs is 2. The topological polar surface area (TPSA) is 101 Å². The molecule has 0 heterocycles. The monoisotopic (exact) mass is 505 g/mol. The highest BCUT2D eigenvalue weighted by atomic mass is 35.5.